The lowest BCUT2D eigenvalue weighted by Crippen LogP contribution is -1.90. The maximum atomic E-state index is 6.12. The Hall–Kier alpha value is -2.52. The van der Waals surface area contributed by atoms with Gasteiger partial charge in [-0.1, -0.05) is 17.7 Å². The summed E-state index contributed by atoms with van der Waals surface area (Å²) in [6.07, 6.45) is 5.87. The molecule has 3 aromatic rings. The fraction of sp³-hybridized carbons (Fsp3) is 0.105. The molecule has 3 rings (SSSR count). The van der Waals surface area contributed by atoms with Crippen LogP contribution in [-0.4, -0.2) is 17.9 Å². The van der Waals surface area contributed by atoms with E-state index in [1.807, 2.05) is 78.6 Å². The molecule has 0 atom stereocenters. The normalized spacial score (nSPS) is 11.1. The van der Waals surface area contributed by atoms with Gasteiger partial charge in [0.25, 0.3) is 0 Å². The highest BCUT2D eigenvalue weighted by Gasteiger charge is 1.99. The number of hydrogen-bond donors (Lipinski definition) is 0. The molecular formula is C19H17ClN2O. The van der Waals surface area contributed by atoms with Crippen LogP contribution in [0.4, 0.5) is 5.69 Å². The third-order valence-corrected chi connectivity index (χ3v) is 4.01. The monoisotopic (exact) mass is 324 g/mol. The zero-order valence-corrected chi connectivity index (χ0v) is 13.8. The van der Waals surface area contributed by atoms with Gasteiger partial charge in [-0.3, -0.25) is 4.99 Å². The van der Waals surface area contributed by atoms with Crippen LogP contribution in [0.3, 0.4) is 0 Å². The summed E-state index contributed by atoms with van der Waals surface area (Å²) in [7, 11) is 1.66. The number of rotatable bonds is 4. The van der Waals surface area contributed by atoms with Crippen molar-refractivity contribution in [3.8, 4) is 11.4 Å². The van der Waals surface area contributed by atoms with E-state index in [9.17, 15) is 0 Å². The molecule has 0 aliphatic carbocycles. The number of methoxy groups -OCH3 is 1. The minimum atomic E-state index is 0.732. The molecule has 23 heavy (non-hydrogen) atoms. The number of halogens is 1. The molecule has 0 bridgehead atoms. The van der Waals surface area contributed by atoms with Crippen molar-refractivity contribution in [3.05, 3.63) is 77.1 Å². The van der Waals surface area contributed by atoms with Crippen LogP contribution in [0.2, 0.25) is 5.02 Å². The van der Waals surface area contributed by atoms with E-state index in [0.29, 0.717) is 0 Å². The van der Waals surface area contributed by atoms with E-state index in [0.717, 1.165) is 33.3 Å². The second-order valence-electron chi connectivity index (χ2n) is 5.24. The molecule has 0 fully saturated rings. The summed E-state index contributed by atoms with van der Waals surface area (Å²) in [6, 6.07) is 15.7. The molecule has 4 heteroatoms. The predicted octanol–water partition coefficient (Wildman–Crippen LogP) is 5.20. The average Bonchev–Trinajstić information content (AvgIpc) is 3.05. The van der Waals surface area contributed by atoms with E-state index in [4.69, 9.17) is 16.3 Å². The summed E-state index contributed by atoms with van der Waals surface area (Å²) in [4.78, 5) is 4.47. The Morgan fingerprint density at radius 3 is 2.57 bits per heavy atom. The van der Waals surface area contributed by atoms with Gasteiger partial charge in [-0.25, -0.2) is 0 Å². The van der Waals surface area contributed by atoms with Crippen LogP contribution in [-0.2, 0) is 0 Å². The van der Waals surface area contributed by atoms with E-state index >= 15 is 0 Å². The Kier molecular flexibility index (Phi) is 4.49. The van der Waals surface area contributed by atoms with E-state index in [1.165, 1.54) is 0 Å². The van der Waals surface area contributed by atoms with Crippen LogP contribution in [0.5, 0.6) is 5.75 Å². The number of aryl methyl sites for hydroxylation is 1. The number of nitrogens with zero attached hydrogens (tertiary/aromatic N) is 2. The number of ether oxygens (including phenoxy) is 1. The molecular weight excluding hydrogens is 308 g/mol. The molecule has 0 aliphatic rings. The summed E-state index contributed by atoms with van der Waals surface area (Å²) >= 11 is 6.12. The topological polar surface area (TPSA) is 26.5 Å². The molecule has 0 radical (unpaired) electrons. The average molecular weight is 325 g/mol. The Morgan fingerprint density at radius 1 is 1.09 bits per heavy atom. The van der Waals surface area contributed by atoms with Crippen molar-refractivity contribution < 1.29 is 4.74 Å². The summed E-state index contributed by atoms with van der Waals surface area (Å²) in [6.45, 7) is 1.98. The van der Waals surface area contributed by atoms with Gasteiger partial charge in [0.1, 0.15) is 5.75 Å². The molecule has 0 saturated heterocycles. The molecule has 0 spiro atoms. The van der Waals surface area contributed by atoms with Gasteiger partial charge in [-0.2, -0.15) is 0 Å². The van der Waals surface area contributed by atoms with Gasteiger partial charge in [0.05, 0.1) is 12.8 Å². The smallest absolute Gasteiger partial charge is 0.119 e. The fourth-order valence-corrected chi connectivity index (χ4v) is 2.39. The summed E-state index contributed by atoms with van der Waals surface area (Å²) in [5.74, 6) is 0.846. The lowest BCUT2D eigenvalue weighted by Gasteiger charge is -2.04. The minimum Gasteiger partial charge on any atom is -0.497 e. The molecule has 0 amide bonds. The van der Waals surface area contributed by atoms with Crippen LogP contribution < -0.4 is 4.74 Å². The van der Waals surface area contributed by atoms with Gasteiger partial charge >= 0.3 is 0 Å². The summed E-state index contributed by atoms with van der Waals surface area (Å²) in [5, 5.41) is 0.732. The highest BCUT2D eigenvalue weighted by Crippen LogP contribution is 2.22. The van der Waals surface area contributed by atoms with Crippen molar-refractivity contribution in [3.63, 3.8) is 0 Å². The first-order valence-corrected chi connectivity index (χ1v) is 7.66. The molecule has 3 nitrogen and oxygen atoms in total. The number of benzene rings is 2. The van der Waals surface area contributed by atoms with Crippen LogP contribution in [0.1, 0.15) is 11.1 Å². The van der Waals surface area contributed by atoms with Gasteiger partial charge < -0.3 is 9.30 Å². The number of aromatic nitrogens is 1. The third-order valence-electron chi connectivity index (χ3n) is 3.60. The quantitative estimate of drug-likeness (QED) is 0.606. The molecule has 1 heterocycles. The minimum absolute atomic E-state index is 0.732. The summed E-state index contributed by atoms with van der Waals surface area (Å²) in [5.41, 5.74) is 4.00. The van der Waals surface area contributed by atoms with Crippen LogP contribution in [0, 0.1) is 6.92 Å². The van der Waals surface area contributed by atoms with E-state index in [1.54, 1.807) is 7.11 Å². The van der Waals surface area contributed by atoms with E-state index in [-0.39, 0.29) is 0 Å². The van der Waals surface area contributed by atoms with Crippen LogP contribution in [0.15, 0.2) is 65.9 Å². The predicted molar refractivity (Wildman–Crippen MR) is 95.8 cm³/mol. The van der Waals surface area contributed by atoms with E-state index < -0.39 is 0 Å². The summed E-state index contributed by atoms with van der Waals surface area (Å²) < 4.78 is 7.22. The van der Waals surface area contributed by atoms with Crippen molar-refractivity contribution in [1.82, 2.24) is 4.57 Å². The zero-order valence-electron chi connectivity index (χ0n) is 13.0. The lowest BCUT2D eigenvalue weighted by atomic mass is 10.2. The molecule has 0 N–H and O–H groups in total. The van der Waals surface area contributed by atoms with Crippen LogP contribution in [0.25, 0.3) is 5.69 Å². The Morgan fingerprint density at radius 2 is 1.87 bits per heavy atom. The maximum absolute atomic E-state index is 6.12. The first kappa shape index (κ1) is 15.4. The van der Waals surface area contributed by atoms with Gasteiger partial charge in [-0.05, 0) is 55.0 Å². The standard InChI is InChI=1S/C19H17ClN2O/c1-14-3-4-16(11-19(14)20)21-12-15-9-10-22(13-15)17-5-7-18(23-2)8-6-17/h3-13H,1-2H3. The highest BCUT2D eigenvalue weighted by atomic mass is 35.5. The first-order chi connectivity index (χ1) is 11.2. The van der Waals surface area contributed by atoms with Crippen molar-refractivity contribution in [2.45, 2.75) is 6.92 Å². The highest BCUT2D eigenvalue weighted by molar-refractivity contribution is 6.31. The Labute approximate surface area is 140 Å². The molecule has 116 valence electrons. The largest absolute Gasteiger partial charge is 0.497 e. The molecule has 1 aromatic heterocycles. The second-order valence-corrected chi connectivity index (χ2v) is 5.65. The molecule has 2 aromatic carbocycles. The van der Waals surface area contributed by atoms with Crippen LogP contribution >= 0.6 is 11.6 Å². The number of aliphatic imine (C=N–C) groups is 1. The van der Waals surface area contributed by atoms with Gasteiger partial charge in [0.2, 0.25) is 0 Å². The van der Waals surface area contributed by atoms with Crippen molar-refractivity contribution in [2.75, 3.05) is 7.11 Å². The molecule has 0 unspecified atom stereocenters. The maximum Gasteiger partial charge on any atom is 0.119 e. The first-order valence-electron chi connectivity index (χ1n) is 7.28. The second kappa shape index (κ2) is 6.71. The van der Waals surface area contributed by atoms with Gasteiger partial charge in [-0.15, -0.1) is 0 Å². The Bertz CT molecular complexity index is 835. The molecule has 0 saturated carbocycles. The SMILES string of the molecule is COc1ccc(-n2ccc(C=Nc3ccc(C)c(Cl)c3)c2)cc1. The van der Waals surface area contributed by atoms with Gasteiger partial charge in [0.15, 0.2) is 0 Å². The third kappa shape index (κ3) is 3.63. The van der Waals surface area contributed by atoms with Crippen molar-refractivity contribution >= 4 is 23.5 Å². The zero-order chi connectivity index (χ0) is 16.2. The van der Waals surface area contributed by atoms with Gasteiger partial charge in [0, 0.05) is 34.9 Å². The fourth-order valence-electron chi connectivity index (χ4n) is 2.22. The molecule has 0 aliphatic heterocycles. The number of hydrogen-bond acceptors (Lipinski definition) is 2. The van der Waals surface area contributed by atoms with E-state index in [2.05, 4.69) is 4.99 Å². The lowest BCUT2D eigenvalue weighted by molar-refractivity contribution is 0.415. The van der Waals surface area contributed by atoms with Crippen molar-refractivity contribution in [1.29, 1.82) is 0 Å². The van der Waals surface area contributed by atoms with Crippen molar-refractivity contribution in [2.24, 2.45) is 4.99 Å². The Balaban J connectivity index is 1.78.